The summed E-state index contributed by atoms with van der Waals surface area (Å²) in [6.45, 7) is -0.0598. The molecule has 0 aliphatic carbocycles. The molecule has 0 aliphatic heterocycles. The van der Waals surface area contributed by atoms with Crippen LogP contribution in [0, 0.1) is 5.82 Å². The first kappa shape index (κ1) is 27.1. The van der Waals surface area contributed by atoms with E-state index >= 15 is 0 Å². The number of aromatic hydroxyl groups is 1. The van der Waals surface area contributed by atoms with E-state index in [4.69, 9.17) is 13.9 Å². The molecule has 7 nitrogen and oxygen atoms in total. The first-order valence-corrected chi connectivity index (χ1v) is 12.4. The topological polar surface area (TPSA) is 90.9 Å². The first-order chi connectivity index (χ1) is 19.0. The SMILES string of the molecule is COc1cc2c3oc(=O)c(Sc4cccc(C(F)(F)F)c4)c(O)c3c(=O)n(Cc3ccc(F)cc3)c2cc1OC. The third-order valence-electron chi connectivity index (χ3n) is 6.19. The third-order valence-corrected chi connectivity index (χ3v) is 7.24. The smallest absolute Gasteiger partial charge is 0.416 e. The van der Waals surface area contributed by atoms with Gasteiger partial charge in [0.15, 0.2) is 22.8 Å². The van der Waals surface area contributed by atoms with E-state index in [0.29, 0.717) is 17.3 Å². The highest BCUT2D eigenvalue weighted by atomic mass is 32.2. The highest BCUT2D eigenvalue weighted by Crippen LogP contribution is 2.41. The molecule has 5 aromatic rings. The highest BCUT2D eigenvalue weighted by molar-refractivity contribution is 7.99. The zero-order valence-electron chi connectivity index (χ0n) is 20.8. The zero-order chi connectivity index (χ0) is 28.8. The van der Waals surface area contributed by atoms with E-state index in [1.807, 2.05) is 0 Å². The molecule has 0 aliphatic rings. The van der Waals surface area contributed by atoms with Crippen molar-refractivity contribution < 1.29 is 36.6 Å². The van der Waals surface area contributed by atoms with Crippen molar-refractivity contribution in [1.29, 1.82) is 0 Å². The lowest BCUT2D eigenvalue weighted by Crippen LogP contribution is -2.23. The highest BCUT2D eigenvalue weighted by Gasteiger charge is 2.31. The second-order valence-electron chi connectivity index (χ2n) is 8.64. The Morgan fingerprint density at radius 3 is 2.30 bits per heavy atom. The summed E-state index contributed by atoms with van der Waals surface area (Å²) in [5.41, 5.74) is -2.19. The number of benzene rings is 3. The van der Waals surface area contributed by atoms with Crippen LogP contribution in [-0.2, 0) is 12.7 Å². The second-order valence-corrected chi connectivity index (χ2v) is 9.72. The molecule has 2 aromatic heterocycles. The Balaban J connectivity index is 1.79. The molecule has 0 spiro atoms. The van der Waals surface area contributed by atoms with Crippen LogP contribution >= 0.6 is 11.8 Å². The van der Waals surface area contributed by atoms with Crippen LogP contribution in [0.25, 0.3) is 21.9 Å². The largest absolute Gasteiger partial charge is 0.505 e. The van der Waals surface area contributed by atoms with Crippen molar-refractivity contribution in [2.45, 2.75) is 22.5 Å². The summed E-state index contributed by atoms with van der Waals surface area (Å²) in [5, 5.41) is 11.0. The lowest BCUT2D eigenvalue weighted by molar-refractivity contribution is -0.137. The monoisotopic (exact) mass is 573 g/mol. The summed E-state index contributed by atoms with van der Waals surface area (Å²) >= 11 is 0.534. The Bertz CT molecular complexity index is 1880. The van der Waals surface area contributed by atoms with Crippen molar-refractivity contribution in [1.82, 2.24) is 4.57 Å². The molecule has 0 unspecified atom stereocenters. The van der Waals surface area contributed by atoms with Gasteiger partial charge in [0.25, 0.3) is 5.56 Å². The van der Waals surface area contributed by atoms with E-state index in [1.165, 1.54) is 61.3 Å². The average Bonchev–Trinajstić information content (AvgIpc) is 2.93. The van der Waals surface area contributed by atoms with Crippen LogP contribution in [0.3, 0.4) is 0 Å². The minimum Gasteiger partial charge on any atom is -0.505 e. The van der Waals surface area contributed by atoms with Gasteiger partial charge in [-0.2, -0.15) is 13.2 Å². The van der Waals surface area contributed by atoms with Gasteiger partial charge in [0.1, 0.15) is 16.1 Å². The number of methoxy groups -OCH3 is 2. The molecule has 206 valence electrons. The van der Waals surface area contributed by atoms with Gasteiger partial charge >= 0.3 is 11.8 Å². The van der Waals surface area contributed by atoms with E-state index in [2.05, 4.69) is 0 Å². The van der Waals surface area contributed by atoms with E-state index in [-0.39, 0.29) is 44.8 Å². The lowest BCUT2D eigenvalue weighted by atomic mass is 10.1. The Labute approximate surface area is 227 Å². The van der Waals surface area contributed by atoms with Crippen molar-refractivity contribution in [2.24, 2.45) is 0 Å². The van der Waals surface area contributed by atoms with Crippen molar-refractivity contribution in [3.05, 3.63) is 98.4 Å². The van der Waals surface area contributed by atoms with Crippen molar-refractivity contribution in [2.75, 3.05) is 14.2 Å². The van der Waals surface area contributed by atoms with Gasteiger partial charge in [-0.15, -0.1) is 0 Å². The van der Waals surface area contributed by atoms with E-state index in [1.54, 1.807) is 0 Å². The van der Waals surface area contributed by atoms with Gasteiger partial charge in [-0.05, 0) is 42.0 Å². The predicted molar refractivity (Wildman–Crippen MR) is 140 cm³/mol. The van der Waals surface area contributed by atoms with Crippen LogP contribution in [0.2, 0.25) is 0 Å². The molecule has 0 saturated heterocycles. The van der Waals surface area contributed by atoms with Gasteiger partial charge in [0.2, 0.25) is 0 Å². The number of fused-ring (bicyclic) bond motifs is 3. The number of alkyl halides is 3. The molecule has 0 saturated carbocycles. The molecule has 0 atom stereocenters. The molecule has 2 heterocycles. The molecular weight excluding hydrogens is 554 g/mol. The van der Waals surface area contributed by atoms with Crippen LogP contribution in [0.1, 0.15) is 11.1 Å². The van der Waals surface area contributed by atoms with Crippen LogP contribution in [0.5, 0.6) is 17.2 Å². The minimum absolute atomic E-state index is 0.00407. The number of hydrogen-bond acceptors (Lipinski definition) is 7. The molecule has 0 bridgehead atoms. The van der Waals surface area contributed by atoms with Crippen molar-refractivity contribution in [3.63, 3.8) is 0 Å². The standard InChI is InChI=1S/C28H19F4NO6S/c1-37-20-11-18-19(12-21(20)38-2)33(13-14-6-8-16(29)9-7-14)26(35)22-23(34)25(27(36)39-24(18)22)40-17-5-3-4-15(10-17)28(30,31)32/h3-12,34H,13H2,1-2H3. The van der Waals surface area contributed by atoms with Crippen molar-refractivity contribution >= 4 is 33.6 Å². The van der Waals surface area contributed by atoms with Gasteiger partial charge in [-0.3, -0.25) is 4.79 Å². The fourth-order valence-corrected chi connectivity index (χ4v) is 5.18. The molecule has 3 aromatic carbocycles. The van der Waals surface area contributed by atoms with E-state index < -0.39 is 39.4 Å². The van der Waals surface area contributed by atoms with E-state index in [9.17, 15) is 32.3 Å². The fourth-order valence-electron chi connectivity index (χ4n) is 4.29. The molecule has 0 radical (unpaired) electrons. The average molecular weight is 574 g/mol. The Kier molecular flexibility index (Phi) is 6.96. The number of halogens is 4. The molecule has 0 fully saturated rings. The quantitative estimate of drug-likeness (QED) is 0.191. The number of rotatable bonds is 6. The third kappa shape index (κ3) is 4.86. The second kappa shape index (κ2) is 10.3. The van der Waals surface area contributed by atoms with Gasteiger partial charge in [0.05, 0.1) is 31.8 Å². The Morgan fingerprint density at radius 2 is 1.65 bits per heavy atom. The number of hydrogen-bond donors (Lipinski definition) is 1. The molecular formula is C28H19F4NO6S. The fraction of sp³-hybridized carbons (Fsp3) is 0.143. The summed E-state index contributed by atoms with van der Waals surface area (Å²) in [7, 11) is 2.79. The summed E-state index contributed by atoms with van der Waals surface area (Å²) in [4.78, 5) is 26.4. The molecule has 5 rings (SSSR count). The zero-order valence-corrected chi connectivity index (χ0v) is 21.7. The van der Waals surface area contributed by atoms with Crippen LogP contribution in [0.15, 0.2) is 84.5 Å². The van der Waals surface area contributed by atoms with Gasteiger partial charge < -0.3 is 23.6 Å². The molecule has 0 amide bonds. The summed E-state index contributed by atoms with van der Waals surface area (Å²) in [6.07, 6.45) is -4.63. The van der Waals surface area contributed by atoms with Crippen LogP contribution in [-0.4, -0.2) is 23.9 Å². The van der Waals surface area contributed by atoms with E-state index in [0.717, 1.165) is 18.2 Å². The Hall–Kier alpha value is -4.45. The summed E-state index contributed by atoms with van der Waals surface area (Å²) < 4.78 is 70.7. The van der Waals surface area contributed by atoms with Gasteiger partial charge in [-0.1, -0.05) is 30.0 Å². The summed E-state index contributed by atoms with van der Waals surface area (Å²) in [5.74, 6) is -0.706. The Morgan fingerprint density at radius 1 is 0.975 bits per heavy atom. The number of ether oxygens (including phenoxy) is 2. The van der Waals surface area contributed by atoms with Gasteiger partial charge in [-0.25, -0.2) is 9.18 Å². The minimum atomic E-state index is -4.63. The van der Waals surface area contributed by atoms with Crippen LogP contribution < -0.4 is 20.7 Å². The van der Waals surface area contributed by atoms with Crippen LogP contribution in [0.4, 0.5) is 17.6 Å². The number of pyridine rings is 1. The maximum atomic E-state index is 13.8. The lowest BCUT2D eigenvalue weighted by Gasteiger charge is -2.16. The molecule has 40 heavy (non-hydrogen) atoms. The molecule has 12 heteroatoms. The first-order valence-electron chi connectivity index (χ1n) is 11.6. The molecule has 1 N–H and O–H groups in total. The maximum absolute atomic E-state index is 13.8. The van der Waals surface area contributed by atoms with Crippen molar-refractivity contribution in [3.8, 4) is 17.2 Å². The summed E-state index contributed by atoms with van der Waals surface area (Å²) in [6, 6.07) is 12.6. The maximum Gasteiger partial charge on any atom is 0.416 e. The normalized spacial score (nSPS) is 11.8. The number of nitrogens with zero attached hydrogens (tertiary/aromatic N) is 1. The number of aromatic nitrogens is 1. The van der Waals surface area contributed by atoms with Gasteiger partial charge in [0, 0.05) is 16.3 Å². The predicted octanol–water partition coefficient (Wildman–Crippen LogP) is 6.19.